The van der Waals surface area contributed by atoms with E-state index in [0.717, 1.165) is 60.5 Å². The van der Waals surface area contributed by atoms with Crippen LogP contribution in [0.5, 0.6) is 0 Å². The first-order valence-electron chi connectivity index (χ1n) is 12.5. The van der Waals surface area contributed by atoms with Crippen molar-refractivity contribution in [3.63, 3.8) is 0 Å². The minimum absolute atomic E-state index is 0.159. The van der Waals surface area contributed by atoms with Crippen molar-refractivity contribution in [3.8, 4) is 0 Å². The van der Waals surface area contributed by atoms with Gasteiger partial charge < -0.3 is 15.5 Å². The van der Waals surface area contributed by atoms with Gasteiger partial charge in [-0.25, -0.2) is 4.98 Å². The second-order valence-electron chi connectivity index (χ2n) is 9.49. The fourth-order valence-corrected chi connectivity index (χ4v) is 5.91. The van der Waals surface area contributed by atoms with Crippen molar-refractivity contribution in [2.75, 3.05) is 28.6 Å². The molecule has 7 heteroatoms. The summed E-state index contributed by atoms with van der Waals surface area (Å²) in [6, 6.07) is 11.0. The van der Waals surface area contributed by atoms with Gasteiger partial charge in [-0.15, -0.1) is 11.3 Å². The molecule has 6 nitrogen and oxygen atoms in total. The minimum Gasteiger partial charge on any atom is -0.372 e. The molecule has 2 aliphatic rings. The molecule has 0 radical (unpaired) electrons. The zero-order valence-electron chi connectivity index (χ0n) is 19.6. The number of hydrogen-bond acceptors (Lipinski definition) is 7. The van der Waals surface area contributed by atoms with E-state index >= 15 is 0 Å². The predicted octanol–water partition coefficient (Wildman–Crippen LogP) is 6.54. The van der Waals surface area contributed by atoms with Gasteiger partial charge in [-0.05, 0) is 92.7 Å². The maximum Gasteiger partial charge on any atom is 0.229 e. The number of rotatable bonds is 8. The first kappa shape index (κ1) is 22.8. The van der Waals surface area contributed by atoms with Gasteiger partial charge in [0.2, 0.25) is 5.95 Å². The smallest absolute Gasteiger partial charge is 0.229 e. The molecule has 2 fully saturated rings. The number of carbonyl (C=O) groups excluding carboxylic acids is 1. The lowest BCUT2D eigenvalue weighted by atomic mass is 9.83. The molecule has 1 saturated carbocycles. The molecule has 1 aromatic carbocycles. The van der Waals surface area contributed by atoms with E-state index in [2.05, 4.69) is 57.8 Å². The molecule has 2 N–H and O–H groups in total. The third-order valence-corrected chi connectivity index (χ3v) is 7.96. The molecular formula is C27H33N5OS. The number of benzene rings is 1. The molecular weight excluding hydrogens is 442 g/mol. The fourth-order valence-electron chi connectivity index (χ4n) is 5.13. The summed E-state index contributed by atoms with van der Waals surface area (Å²) >= 11 is 1.67. The van der Waals surface area contributed by atoms with Gasteiger partial charge in [-0.1, -0.05) is 6.58 Å². The van der Waals surface area contributed by atoms with Gasteiger partial charge in [0, 0.05) is 36.9 Å². The lowest BCUT2D eigenvalue weighted by Crippen LogP contribution is -2.29. The number of fused-ring (bicyclic) bond motifs is 1. The number of aromatic nitrogens is 2. The second-order valence-corrected chi connectivity index (χ2v) is 10.4. The maximum absolute atomic E-state index is 11.7. The van der Waals surface area contributed by atoms with Gasteiger partial charge >= 0.3 is 0 Å². The highest BCUT2D eigenvalue weighted by atomic mass is 32.1. The van der Waals surface area contributed by atoms with Crippen LogP contribution in [0.1, 0.15) is 51.4 Å². The van der Waals surface area contributed by atoms with Crippen LogP contribution in [-0.4, -0.2) is 34.9 Å². The largest absolute Gasteiger partial charge is 0.372 e. The van der Waals surface area contributed by atoms with E-state index in [0.29, 0.717) is 24.3 Å². The number of nitrogens with one attached hydrogen (secondary N) is 2. The first-order chi connectivity index (χ1) is 16.7. The molecule has 5 rings (SSSR count). The van der Waals surface area contributed by atoms with Crippen LogP contribution in [0.4, 0.5) is 23.1 Å². The van der Waals surface area contributed by atoms with E-state index in [4.69, 9.17) is 9.97 Å². The van der Waals surface area contributed by atoms with Crippen LogP contribution in [0.3, 0.4) is 0 Å². The molecule has 0 bridgehead atoms. The average Bonchev–Trinajstić information content (AvgIpc) is 3.35. The first-order valence-corrected chi connectivity index (χ1v) is 13.3. The molecule has 0 spiro atoms. The van der Waals surface area contributed by atoms with Gasteiger partial charge in [0.05, 0.1) is 10.2 Å². The number of anilines is 4. The van der Waals surface area contributed by atoms with Crippen LogP contribution in [0.2, 0.25) is 0 Å². The molecule has 2 aromatic heterocycles. The third-order valence-electron chi connectivity index (χ3n) is 7.05. The Morgan fingerprint density at radius 3 is 2.56 bits per heavy atom. The van der Waals surface area contributed by atoms with Crippen molar-refractivity contribution in [2.45, 2.75) is 57.4 Å². The van der Waals surface area contributed by atoms with Crippen LogP contribution in [0, 0.1) is 5.92 Å². The Balaban J connectivity index is 1.26. The highest BCUT2D eigenvalue weighted by molar-refractivity contribution is 7.17. The number of thiophene rings is 1. The Bertz CT molecular complexity index is 1130. The quantitative estimate of drug-likeness (QED) is 0.360. The van der Waals surface area contributed by atoms with E-state index in [-0.39, 0.29) is 5.78 Å². The van der Waals surface area contributed by atoms with Crippen molar-refractivity contribution in [1.29, 1.82) is 0 Å². The highest BCUT2D eigenvalue weighted by Gasteiger charge is 2.23. The molecule has 3 heterocycles. The number of hydrogen-bond donors (Lipinski definition) is 2. The summed E-state index contributed by atoms with van der Waals surface area (Å²) in [7, 11) is 0. The summed E-state index contributed by atoms with van der Waals surface area (Å²) in [5, 5.41) is 9.16. The summed E-state index contributed by atoms with van der Waals surface area (Å²) in [5.74, 6) is 2.15. The number of allylic oxidation sites excluding steroid dienone is 1. The third kappa shape index (κ3) is 5.41. The van der Waals surface area contributed by atoms with Crippen LogP contribution in [0.15, 0.2) is 48.4 Å². The molecule has 178 valence electrons. The highest BCUT2D eigenvalue weighted by Crippen LogP contribution is 2.33. The van der Waals surface area contributed by atoms with Crippen molar-refractivity contribution in [3.05, 3.63) is 48.4 Å². The molecule has 34 heavy (non-hydrogen) atoms. The lowest BCUT2D eigenvalue weighted by Gasteiger charge is -2.29. The van der Waals surface area contributed by atoms with Crippen LogP contribution < -0.4 is 15.5 Å². The summed E-state index contributed by atoms with van der Waals surface area (Å²) in [4.78, 5) is 23.8. The van der Waals surface area contributed by atoms with E-state index in [1.165, 1.54) is 31.0 Å². The summed E-state index contributed by atoms with van der Waals surface area (Å²) in [5.41, 5.74) is 3.24. The Morgan fingerprint density at radius 2 is 1.82 bits per heavy atom. The zero-order valence-corrected chi connectivity index (χ0v) is 20.4. The van der Waals surface area contributed by atoms with Crippen LogP contribution >= 0.6 is 11.3 Å². The van der Waals surface area contributed by atoms with Crippen molar-refractivity contribution >= 4 is 50.5 Å². The Labute approximate surface area is 205 Å². The SMILES string of the molecule is C=CC(=O)CC1CCC(Nc2nc(Nc3ccc(N4CCCCC4)cc3)nc3ccsc23)CC1. The van der Waals surface area contributed by atoms with Crippen molar-refractivity contribution in [1.82, 2.24) is 9.97 Å². The molecule has 1 saturated heterocycles. The lowest BCUT2D eigenvalue weighted by molar-refractivity contribution is -0.115. The molecule has 0 atom stereocenters. The predicted molar refractivity (Wildman–Crippen MR) is 142 cm³/mol. The Morgan fingerprint density at radius 1 is 1.06 bits per heavy atom. The average molecular weight is 476 g/mol. The normalized spacial score (nSPS) is 20.8. The number of nitrogens with zero attached hydrogens (tertiary/aromatic N) is 3. The van der Waals surface area contributed by atoms with E-state index in [9.17, 15) is 4.79 Å². The van der Waals surface area contributed by atoms with Gasteiger partial charge in [-0.3, -0.25) is 4.79 Å². The standard InChI is InChI=1S/C27H33N5OS/c1-2-23(33)18-19-6-8-20(9-7-19)28-26-25-24(14-17-34-25)30-27(31-26)29-21-10-12-22(13-11-21)32-15-4-3-5-16-32/h2,10-14,17,19-20H,1,3-9,15-16,18H2,(H2,28,29,30,31). The molecule has 1 aliphatic heterocycles. The Kier molecular flexibility index (Phi) is 7.09. The molecule has 1 aliphatic carbocycles. The monoisotopic (exact) mass is 475 g/mol. The molecule has 3 aromatic rings. The van der Waals surface area contributed by atoms with Gasteiger partial charge in [-0.2, -0.15) is 4.98 Å². The summed E-state index contributed by atoms with van der Waals surface area (Å²) < 4.78 is 1.09. The zero-order chi connectivity index (χ0) is 23.3. The second kappa shape index (κ2) is 10.6. The van der Waals surface area contributed by atoms with Gasteiger partial charge in [0.25, 0.3) is 0 Å². The number of piperidine rings is 1. The van der Waals surface area contributed by atoms with Crippen LogP contribution in [-0.2, 0) is 4.79 Å². The summed E-state index contributed by atoms with van der Waals surface area (Å²) in [6.07, 6.45) is 10.2. The van der Waals surface area contributed by atoms with Gasteiger partial charge in [0.1, 0.15) is 5.82 Å². The fraction of sp³-hybridized carbons (Fsp3) is 0.444. The van der Waals surface area contributed by atoms with E-state index in [1.807, 2.05) is 0 Å². The van der Waals surface area contributed by atoms with E-state index in [1.54, 1.807) is 11.3 Å². The van der Waals surface area contributed by atoms with Crippen molar-refractivity contribution < 1.29 is 4.79 Å². The van der Waals surface area contributed by atoms with E-state index < -0.39 is 0 Å². The topological polar surface area (TPSA) is 70.2 Å². The number of ketones is 1. The number of carbonyl (C=O) groups is 1. The summed E-state index contributed by atoms with van der Waals surface area (Å²) in [6.45, 7) is 5.89. The Hall–Kier alpha value is -2.93. The maximum atomic E-state index is 11.7. The van der Waals surface area contributed by atoms with Crippen molar-refractivity contribution in [2.24, 2.45) is 5.92 Å². The molecule has 0 unspecified atom stereocenters. The van der Waals surface area contributed by atoms with Crippen LogP contribution in [0.25, 0.3) is 10.2 Å². The molecule has 0 amide bonds. The van der Waals surface area contributed by atoms with Gasteiger partial charge in [0.15, 0.2) is 5.78 Å². The minimum atomic E-state index is 0.159.